The van der Waals surface area contributed by atoms with E-state index in [1.54, 1.807) is 0 Å². The summed E-state index contributed by atoms with van der Waals surface area (Å²) in [7, 11) is 0. The van der Waals surface area contributed by atoms with Crippen molar-refractivity contribution >= 4 is 17.6 Å². The SMILES string of the molecule is CC(C)=CCCC(C)=CCc1c(O)c(Cl)c(C)c(C(=O)O)c1O. The van der Waals surface area contributed by atoms with Gasteiger partial charge < -0.3 is 15.3 Å². The molecule has 0 aliphatic carbocycles. The molecule has 0 amide bonds. The van der Waals surface area contributed by atoms with Gasteiger partial charge >= 0.3 is 5.97 Å². The summed E-state index contributed by atoms with van der Waals surface area (Å²) >= 11 is 5.98. The van der Waals surface area contributed by atoms with Gasteiger partial charge in [-0.25, -0.2) is 4.79 Å². The van der Waals surface area contributed by atoms with Crippen molar-refractivity contribution in [3.05, 3.63) is 45.0 Å². The molecule has 1 aromatic rings. The Morgan fingerprint density at radius 2 is 1.74 bits per heavy atom. The van der Waals surface area contributed by atoms with Gasteiger partial charge in [-0.2, -0.15) is 0 Å². The van der Waals surface area contributed by atoms with Crippen LogP contribution in [0.2, 0.25) is 5.02 Å². The Hall–Kier alpha value is -1.94. The second-order valence-electron chi connectivity index (χ2n) is 5.87. The minimum Gasteiger partial charge on any atom is -0.507 e. The molecule has 0 heterocycles. The Morgan fingerprint density at radius 3 is 2.26 bits per heavy atom. The van der Waals surface area contributed by atoms with Gasteiger partial charge in [0.05, 0.1) is 5.02 Å². The highest BCUT2D eigenvalue weighted by Gasteiger charge is 2.23. The standard InChI is InChI=1S/C18H23ClO4/c1-10(2)6-5-7-11(3)8-9-13-16(20)14(18(22)23)12(4)15(19)17(13)21/h6,8,20-21H,5,7,9H2,1-4H3,(H,22,23). The van der Waals surface area contributed by atoms with E-state index >= 15 is 0 Å². The molecule has 0 aliphatic rings. The number of phenolic OH excluding ortho intramolecular Hbond substituents is 1. The molecule has 3 N–H and O–H groups in total. The zero-order chi connectivity index (χ0) is 17.7. The van der Waals surface area contributed by atoms with E-state index in [1.807, 2.05) is 26.8 Å². The van der Waals surface area contributed by atoms with Crippen LogP contribution in [0, 0.1) is 6.92 Å². The fraction of sp³-hybridized carbons (Fsp3) is 0.389. The van der Waals surface area contributed by atoms with Crippen LogP contribution in [0.3, 0.4) is 0 Å². The van der Waals surface area contributed by atoms with Crippen molar-refractivity contribution in [1.29, 1.82) is 0 Å². The fourth-order valence-electron chi connectivity index (χ4n) is 2.28. The molecule has 0 aliphatic heterocycles. The Morgan fingerprint density at radius 1 is 1.13 bits per heavy atom. The van der Waals surface area contributed by atoms with Gasteiger partial charge in [-0.3, -0.25) is 0 Å². The van der Waals surface area contributed by atoms with Crippen molar-refractivity contribution in [1.82, 2.24) is 0 Å². The van der Waals surface area contributed by atoms with Gasteiger partial charge in [-0.05, 0) is 52.5 Å². The van der Waals surface area contributed by atoms with Crippen LogP contribution in [-0.4, -0.2) is 21.3 Å². The van der Waals surface area contributed by atoms with Crippen molar-refractivity contribution in [3.63, 3.8) is 0 Å². The molecule has 0 radical (unpaired) electrons. The van der Waals surface area contributed by atoms with Crippen LogP contribution in [0.1, 0.15) is 55.1 Å². The summed E-state index contributed by atoms with van der Waals surface area (Å²) in [5, 5.41) is 29.4. The Balaban J connectivity index is 3.10. The second kappa shape index (κ2) is 8.06. The minimum atomic E-state index is -1.27. The summed E-state index contributed by atoms with van der Waals surface area (Å²) in [4.78, 5) is 11.3. The average molecular weight is 339 g/mol. The largest absolute Gasteiger partial charge is 0.507 e. The number of rotatable bonds is 6. The Labute approximate surface area is 141 Å². The van der Waals surface area contributed by atoms with E-state index in [1.165, 1.54) is 12.5 Å². The number of aromatic carboxylic acids is 1. The first-order valence-electron chi connectivity index (χ1n) is 7.41. The van der Waals surface area contributed by atoms with Gasteiger partial charge in [0.15, 0.2) is 0 Å². The van der Waals surface area contributed by atoms with Gasteiger partial charge in [0.2, 0.25) is 0 Å². The molecule has 0 aromatic heterocycles. The number of carbonyl (C=O) groups is 1. The number of halogens is 1. The van der Waals surface area contributed by atoms with E-state index in [4.69, 9.17) is 11.6 Å². The van der Waals surface area contributed by atoms with E-state index in [2.05, 4.69) is 6.08 Å². The lowest BCUT2D eigenvalue weighted by atomic mass is 9.98. The number of allylic oxidation sites excluding steroid dienone is 4. The van der Waals surface area contributed by atoms with Crippen molar-refractivity contribution in [2.24, 2.45) is 0 Å². The van der Waals surface area contributed by atoms with E-state index in [0.29, 0.717) is 0 Å². The molecule has 1 aromatic carbocycles. The van der Waals surface area contributed by atoms with Gasteiger partial charge in [0.25, 0.3) is 0 Å². The Bertz CT molecular complexity index is 668. The van der Waals surface area contributed by atoms with E-state index in [-0.39, 0.29) is 33.9 Å². The van der Waals surface area contributed by atoms with Gasteiger partial charge in [-0.15, -0.1) is 0 Å². The van der Waals surface area contributed by atoms with Crippen LogP contribution >= 0.6 is 11.6 Å². The molecule has 1 rings (SSSR count). The molecule has 5 heteroatoms. The number of carboxylic acids is 1. The summed E-state index contributed by atoms with van der Waals surface area (Å²) in [5.74, 6) is -1.96. The summed E-state index contributed by atoms with van der Waals surface area (Å²) < 4.78 is 0. The first kappa shape index (κ1) is 19.1. The molecule has 0 fully saturated rings. The monoisotopic (exact) mass is 338 g/mol. The summed E-state index contributed by atoms with van der Waals surface area (Å²) in [5.41, 5.74) is 2.37. The molecular formula is C18H23ClO4. The van der Waals surface area contributed by atoms with Crippen molar-refractivity contribution in [2.45, 2.75) is 47.0 Å². The molecule has 23 heavy (non-hydrogen) atoms. The van der Waals surface area contributed by atoms with Crippen molar-refractivity contribution in [3.8, 4) is 11.5 Å². The topological polar surface area (TPSA) is 77.8 Å². The molecular weight excluding hydrogens is 316 g/mol. The minimum absolute atomic E-state index is 0.0363. The van der Waals surface area contributed by atoms with E-state index < -0.39 is 11.7 Å². The highest BCUT2D eigenvalue weighted by molar-refractivity contribution is 6.33. The fourth-order valence-corrected chi connectivity index (χ4v) is 2.49. The number of carboxylic acid groups (broad SMARTS) is 1. The molecule has 0 bridgehead atoms. The summed E-state index contributed by atoms with van der Waals surface area (Å²) in [6, 6.07) is 0. The predicted molar refractivity (Wildman–Crippen MR) is 92.6 cm³/mol. The van der Waals surface area contributed by atoms with E-state index in [9.17, 15) is 20.1 Å². The molecule has 0 atom stereocenters. The quantitative estimate of drug-likeness (QED) is 0.638. The molecule has 0 saturated heterocycles. The average Bonchev–Trinajstić information content (AvgIpc) is 2.44. The number of aromatic hydroxyl groups is 2. The van der Waals surface area contributed by atoms with Gasteiger partial charge in [0, 0.05) is 5.56 Å². The zero-order valence-corrected chi connectivity index (χ0v) is 14.7. The number of phenols is 2. The number of hydrogen-bond donors (Lipinski definition) is 3. The lowest BCUT2D eigenvalue weighted by molar-refractivity contribution is 0.0692. The molecule has 0 saturated carbocycles. The highest BCUT2D eigenvalue weighted by atomic mass is 35.5. The first-order chi connectivity index (χ1) is 10.7. The van der Waals surface area contributed by atoms with Gasteiger partial charge in [-0.1, -0.05) is 34.9 Å². The maximum Gasteiger partial charge on any atom is 0.339 e. The molecule has 0 unspecified atom stereocenters. The lowest BCUT2D eigenvalue weighted by Crippen LogP contribution is -2.04. The smallest absolute Gasteiger partial charge is 0.339 e. The lowest BCUT2D eigenvalue weighted by Gasteiger charge is -2.13. The normalized spacial score (nSPS) is 11.4. The summed E-state index contributed by atoms with van der Waals surface area (Å²) in [6.07, 6.45) is 6.00. The number of benzene rings is 1. The van der Waals surface area contributed by atoms with Crippen LogP contribution in [-0.2, 0) is 6.42 Å². The second-order valence-corrected chi connectivity index (χ2v) is 6.25. The van der Waals surface area contributed by atoms with Crippen LogP contribution in [0.4, 0.5) is 0 Å². The van der Waals surface area contributed by atoms with Crippen molar-refractivity contribution < 1.29 is 20.1 Å². The highest BCUT2D eigenvalue weighted by Crippen LogP contribution is 2.41. The maximum atomic E-state index is 11.3. The molecule has 4 nitrogen and oxygen atoms in total. The Kier molecular flexibility index (Phi) is 6.70. The predicted octanol–water partition coefficient (Wildman–Crippen LogP) is 4.99. The third kappa shape index (κ3) is 4.76. The third-order valence-corrected chi connectivity index (χ3v) is 4.14. The maximum absolute atomic E-state index is 11.3. The number of hydrogen-bond acceptors (Lipinski definition) is 3. The zero-order valence-electron chi connectivity index (χ0n) is 13.9. The van der Waals surface area contributed by atoms with Crippen LogP contribution < -0.4 is 0 Å². The van der Waals surface area contributed by atoms with Crippen LogP contribution in [0.25, 0.3) is 0 Å². The molecule has 126 valence electrons. The molecule has 0 spiro atoms. The first-order valence-corrected chi connectivity index (χ1v) is 7.79. The van der Waals surface area contributed by atoms with Crippen LogP contribution in [0.15, 0.2) is 23.3 Å². The van der Waals surface area contributed by atoms with Crippen molar-refractivity contribution in [2.75, 3.05) is 0 Å². The van der Waals surface area contributed by atoms with Gasteiger partial charge in [0.1, 0.15) is 17.1 Å². The van der Waals surface area contributed by atoms with E-state index in [0.717, 1.165) is 18.4 Å². The summed E-state index contributed by atoms with van der Waals surface area (Å²) in [6.45, 7) is 7.49. The van der Waals surface area contributed by atoms with Crippen LogP contribution in [0.5, 0.6) is 11.5 Å². The third-order valence-electron chi connectivity index (χ3n) is 3.68.